The zero-order chi connectivity index (χ0) is 15.6. The van der Waals surface area contributed by atoms with E-state index in [1.807, 2.05) is 43.3 Å². The summed E-state index contributed by atoms with van der Waals surface area (Å²) in [5.74, 6) is 0. The minimum atomic E-state index is -3.58. The summed E-state index contributed by atoms with van der Waals surface area (Å²) in [5.41, 5.74) is 1.71. The first-order valence-corrected chi connectivity index (χ1v) is 8.43. The number of sulfonamides is 1. The first kappa shape index (κ1) is 14.7. The number of rotatable bonds is 4. The molecule has 0 aliphatic heterocycles. The van der Waals surface area contributed by atoms with Gasteiger partial charge in [0.15, 0.2) is 0 Å². The number of hydrogen-bond acceptors (Lipinski definition) is 3. The van der Waals surface area contributed by atoms with Gasteiger partial charge in [-0.05, 0) is 24.6 Å². The van der Waals surface area contributed by atoms with Crippen molar-refractivity contribution < 1.29 is 8.42 Å². The lowest BCUT2D eigenvalue weighted by atomic mass is 10.1. The normalized spacial score (nSPS) is 11.7. The number of aromatic nitrogens is 1. The van der Waals surface area contributed by atoms with Gasteiger partial charge in [0.25, 0.3) is 0 Å². The van der Waals surface area contributed by atoms with Crippen LogP contribution in [0.2, 0.25) is 0 Å². The number of nitrogens with zero attached hydrogens (tertiary/aromatic N) is 1. The molecule has 0 unspecified atom stereocenters. The van der Waals surface area contributed by atoms with Crippen molar-refractivity contribution in [2.45, 2.75) is 18.4 Å². The SMILES string of the molecule is Cc1cc2c(S(=O)(=O)NCc3ccccc3)cccc2cn1. The second kappa shape index (κ2) is 5.87. The molecule has 0 aliphatic carbocycles. The molecule has 0 radical (unpaired) electrons. The van der Waals surface area contributed by atoms with Crippen LogP contribution in [0.15, 0.2) is 65.7 Å². The maximum absolute atomic E-state index is 12.6. The van der Waals surface area contributed by atoms with E-state index in [0.29, 0.717) is 5.39 Å². The molecule has 5 heteroatoms. The summed E-state index contributed by atoms with van der Waals surface area (Å²) in [6.45, 7) is 2.11. The highest BCUT2D eigenvalue weighted by atomic mass is 32.2. The van der Waals surface area contributed by atoms with Gasteiger partial charge in [0.05, 0.1) is 4.90 Å². The molecule has 1 aromatic heterocycles. The molecule has 0 bridgehead atoms. The average Bonchev–Trinajstić information content (AvgIpc) is 2.53. The van der Waals surface area contributed by atoms with E-state index in [1.54, 1.807) is 24.4 Å². The topological polar surface area (TPSA) is 59.1 Å². The fourth-order valence-electron chi connectivity index (χ4n) is 2.33. The molecule has 0 saturated heterocycles. The van der Waals surface area contributed by atoms with Gasteiger partial charge in [-0.25, -0.2) is 13.1 Å². The van der Waals surface area contributed by atoms with Gasteiger partial charge >= 0.3 is 0 Å². The van der Waals surface area contributed by atoms with Crippen molar-refractivity contribution in [3.8, 4) is 0 Å². The lowest BCUT2D eigenvalue weighted by Gasteiger charge is -2.10. The van der Waals surface area contributed by atoms with Crippen LogP contribution < -0.4 is 4.72 Å². The third-order valence-corrected chi connectivity index (χ3v) is 4.92. The first-order valence-electron chi connectivity index (χ1n) is 6.95. The molecule has 3 aromatic rings. The summed E-state index contributed by atoms with van der Waals surface area (Å²) in [6.07, 6.45) is 1.70. The molecular formula is C17H16N2O2S. The highest BCUT2D eigenvalue weighted by Crippen LogP contribution is 2.23. The highest BCUT2D eigenvalue weighted by Gasteiger charge is 2.17. The van der Waals surface area contributed by atoms with Crippen LogP contribution in [0.3, 0.4) is 0 Å². The van der Waals surface area contributed by atoms with E-state index < -0.39 is 10.0 Å². The van der Waals surface area contributed by atoms with Crippen LogP contribution in [0.5, 0.6) is 0 Å². The minimum absolute atomic E-state index is 0.267. The molecule has 0 spiro atoms. The van der Waals surface area contributed by atoms with Crippen molar-refractivity contribution in [3.63, 3.8) is 0 Å². The Balaban J connectivity index is 1.97. The van der Waals surface area contributed by atoms with Crippen LogP contribution in [0.1, 0.15) is 11.3 Å². The van der Waals surface area contributed by atoms with Crippen LogP contribution in [0.4, 0.5) is 0 Å². The predicted molar refractivity (Wildman–Crippen MR) is 86.9 cm³/mol. The second-order valence-corrected chi connectivity index (χ2v) is 6.85. The molecular weight excluding hydrogens is 296 g/mol. The summed E-state index contributed by atoms with van der Waals surface area (Å²) >= 11 is 0. The first-order chi connectivity index (χ1) is 10.6. The van der Waals surface area contributed by atoms with E-state index in [4.69, 9.17) is 0 Å². The van der Waals surface area contributed by atoms with Crippen LogP contribution in [-0.4, -0.2) is 13.4 Å². The second-order valence-electron chi connectivity index (χ2n) is 5.11. The molecule has 22 heavy (non-hydrogen) atoms. The molecule has 3 rings (SSSR count). The van der Waals surface area contributed by atoms with E-state index in [1.165, 1.54) is 0 Å². The Morgan fingerprint density at radius 2 is 1.82 bits per heavy atom. The standard InChI is InChI=1S/C17H16N2O2S/c1-13-10-16-15(12-18-13)8-5-9-17(16)22(20,21)19-11-14-6-3-2-4-7-14/h2-10,12,19H,11H2,1H3. The summed E-state index contributed by atoms with van der Waals surface area (Å²) in [6, 6.07) is 16.5. The van der Waals surface area contributed by atoms with Gasteiger partial charge < -0.3 is 0 Å². The number of nitrogens with one attached hydrogen (secondary N) is 1. The van der Waals surface area contributed by atoms with Gasteiger partial charge in [0.1, 0.15) is 0 Å². The fourth-order valence-corrected chi connectivity index (χ4v) is 3.57. The quantitative estimate of drug-likeness (QED) is 0.805. The van der Waals surface area contributed by atoms with E-state index >= 15 is 0 Å². The summed E-state index contributed by atoms with van der Waals surface area (Å²) < 4.78 is 27.9. The fraction of sp³-hybridized carbons (Fsp3) is 0.118. The Bertz CT molecular complexity index is 906. The largest absolute Gasteiger partial charge is 0.261 e. The number of benzene rings is 2. The van der Waals surface area contributed by atoms with E-state index in [9.17, 15) is 8.42 Å². The molecule has 0 atom stereocenters. The number of fused-ring (bicyclic) bond motifs is 1. The zero-order valence-electron chi connectivity index (χ0n) is 12.2. The molecule has 0 amide bonds. The Morgan fingerprint density at radius 3 is 2.59 bits per heavy atom. The van der Waals surface area contributed by atoms with Gasteiger partial charge in [0, 0.05) is 29.2 Å². The Labute approximate surface area is 129 Å². The molecule has 0 aliphatic rings. The van der Waals surface area contributed by atoms with Crippen LogP contribution in [0, 0.1) is 6.92 Å². The molecule has 0 fully saturated rings. The van der Waals surface area contributed by atoms with Gasteiger partial charge in [-0.3, -0.25) is 4.98 Å². The summed E-state index contributed by atoms with van der Waals surface area (Å²) in [5, 5.41) is 1.50. The molecule has 0 saturated carbocycles. The van der Waals surface area contributed by atoms with Crippen LogP contribution in [-0.2, 0) is 16.6 Å². The van der Waals surface area contributed by atoms with Gasteiger partial charge in [-0.15, -0.1) is 0 Å². The molecule has 112 valence electrons. The van der Waals surface area contributed by atoms with Gasteiger partial charge in [-0.1, -0.05) is 42.5 Å². The minimum Gasteiger partial charge on any atom is -0.261 e. The third-order valence-electron chi connectivity index (χ3n) is 3.46. The van der Waals surface area contributed by atoms with Crippen molar-refractivity contribution in [1.82, 2.24) is 9.71 Å². The lowest BCUT2D eigenvalue weighted by molar-refractivity contribution is 0.582. The van der Waals surface area contributed by atoms with Crippen molar-refractivity contribution in [1.29, 1.82) is 0 Å². The predicted octanol–water partition coefficient (Wildman–Crippen LogP) is 3.02. The number of pyridine rings is 1. The van der Waals surface area contributed by atoms with E-state index in [2.05, 4.69) is 9.71 Å². The third kappa shape index (κ3) is 3.00. The van der Waals surface area contributed by atoms with Crippen molar-refractivity contribution >= 4 is 20.8 Å². The summed E-state index contributed by atoms with van der Waals surface area (Å²) in [4.78, 5) is 4.49. The van der Waals surface area contributed by atoms with Crippen molar-refractivity contribution in [2.24, 2.45) is 0 Å². The molecule has 1 N–H and O–H groups in total. The molecule has 1 heterocycles. The van der Waals surface area contributed by atoms with Crippen LogP contribution >= 0.6 is 0 Å². The van der Waals surface area contributed by atoms with E-state index in [0.717, 1.165) is 16.6 Å². The smallest absolute Gasteiger partial charge is 0.241 e. The van der Waals surface area contributed by atoms with E-state index in [-0.39, 0.29) is 11.4 Å². The monoisotopic (exact) mass is 312 g/mol. The van der Waals surface area contributed by atoms with Crippen LogP contribution in [0.25, 0.3) is 10.8 Å². The van der Waals surface area contributed by atoms with Gasteiger partial charge in [-0.2, -0.15) is 0 Å². The maximum Gasteiger partial charge on any atom is 0.241 e. The lowest BCUT2D eigenvalue weighted by Crippen LogP contribution is -2.23. The molecule has 4 nitrogen and oxygen atoms in total. The average molecular weight is 312 g/mol. The Kier molecular flexibility index (Phi) is 3.92. The van der Waals surface area contributed by atoms with Crippen molar-refractivity contribution in [2.75, 3.05) is 0 Å². The highest BCUT2D eigenvalue weighted by molar-refractivity contribution is 7.89. The molecule has 2 aromatic carbocycles. The zero-order valence-corrected chi connectivity index (χ0v) is 13.0. The summed E-state index contributed by atoms with van der Waals surface area (Å²) in [7, 11) is -3.58. The number of hydrogen-bond donors (Lipinski definition) is 1. The van der Waals surface area contributed by atoms with Gasteiger partial charge in [0.2, 0.25) is 10.0 Å². The Hall–Kier alpha value is -2.24. The maximum atomic E-state index is 12.6. The number of aryl methyl sites for hydroxylation is 1. The Morgan fingerprint density at radius 1 is 1.05 bits per heavy atom. The van der Waals surface area contributed by atoms with Crippen molar-refractivity contribution in [3.05, 3.63) is 72.1 Å².